The zero-order valence-electron chi connectivity index (χ0n) is 11.1. The number of ether oxygens (including phenoxy) is 1. The first-order chi connectivity index (χ1) is 7.72. The lowest BCUT2D eigenvalue weighted by Crippen LogP contribution is -2.49. The van der Waals surface area contributed by atoms with Crippen LogP contribution in [-0.4, -0.2) is 42.8 Å². The minimum atomic E-state index is 0.359. The van der Waals surface area contributed by atoms with Gasteiger partial charge in [-0.1, -0.05) is 13.8 Å². The molecule has 3 heteroatoms. The maximum absolute atomic E-state index is 5.97. The van der Waals surface area contributed by atoms with Gasteiger partial charge in [-0.3, -0.25) is 4.90 Å². The van der Waals surface area contributed by atoms with Crippen LogP contribution >= 0.6 is 0 Å². The molecule has 1 fully saturated rings. The molecule has 0 amide bonds. The highest BCUT2D eigenvalue weighted by Crippen LogP contribution is 2.24. The molecular weight excluding hydrogens is 200 g/mol. The van der Waals surface area contributed by atoms with Crippen LogP contribution in [0, 0.1) is 0 Å². The Kier molecular flexibility index (Phi) is 6.32. The number of rotatable bonds is 7. The number of nitrogens with two attached hydrogens (primary N) is 1. The molecule has 0 aromatic carbocycles. The van der Waals surface area contributed by atoms with Crippen molar-refractivity contribution in [2.75, 3.05) is 19.6 Å². The first kappa shape index (κ1) is 13.9. The summed E-state index contributed by atoms with van der Waals surface area (Å²) in [6, 6.07) is 0.421. The average molecular weight is 228 g/mol. The fourth-order valence-corrected chi connectivity index (χ4v) is 2.67. The van der Waals surface area contributed by atoms with Crippen LogP contribution in [0.1, 0.15) is 46.5 Å². The van der Waals surface area contributed by atoms with Gasteiger partial charge in [0.15, 0.2) is 0 Å². The van der Waals surface area contributed by atoms with E-state index in [-0.39, 0.29) is 0 Å². The first-order valence-corrected chi connectivity index (χ1v) is 6.82. The molecule has 0 saturated carbocycles. The van der Waals surface area contributed by atoms with Crippen molar-refractivity contribution >= 4 is 0 Å². The molecule has 3 atom stereocenters. The number of hydrogen-bond acceptors (Lipinski definition) is 3. The molecule has 1 rings (SSSR count). The molecule has 1 aliphatic heterocycles. The maximum Gasteiger partial charge on any atom is 0.0747 e. The first-order valence-electron chi connectivity index (χ1n) is 6.82. The lowest BCUT2D eigenvalue weighted by molar-refractivity contribution is -0.00439. The summed E-state index contributed by atoms with van der Waals surface area (Å²) in [4.78, 5) is 2.52. The molecule has 0 spiro atoms. The molecule has 3 unspecified atom stereocenters. The Hall–Kier alpha value is -0.120. The van der Waals surface area contributed by atoms with Crippen LogP contribution in [0.3, 0.4) is 0 Å². The van der Waals surface area contributed by atoms with E-state index in [0.29, 0.717) is 18.2 Å². The molecule has 96 valence electrons. The predicted molar refractivity (Wildman–Crippen MR) is 68.6 cm³/mol. The summed E-state index contributed by atoms with van der Waals surface area (Å²) < 4.78 is 5.97. The van der Waals surface area contributed by atoms with Gasteiger partial charge < -0.3 is 10.5 Å². The van der Waals surface area contributed by atoms with E-state index in [2.05, 4.69) is 25.7 Å². The molecule has 3 nitrogen and oxygen atoms in total. The van der Waals surface area contributed by atoms with Crippen molar-refractivity contribution in [3.8, 4) is 0 Å². The Bertz CT molecular complexity index is 181. The molecule has 0 aliphatic carbocycles. The quantitative estimate of drug-likeness (QED) is 0.724. The van der Waals surface area contributed by atoms with Gasteiger partial charge in [-0.15, -0.1) is 0 Å². The molecule has 16 heavy (non-hydrogen) atoms. The Morgan fingerprint density at radius 1 is 1.25 bits per heavy atom. The molecule has 0 bridgehead atoms. The fourth-order valence-electron chi connectivity index (χ4n) is 2.67. The summed E-state index contributed by atoms with van der Waals surface area (Å²) in [5.74, 6) is 0. The molecule has 0 radical (unpaired) electrons. The molecule has 0 aromatic heterocycles. The molecule has 1 saturated heterocycles. The van der Waals surface area contributed by atoms with E-state index in [1.165, 1.54) is 25.7 Å². The van der Waals surface area contributed by atoms with Crippen molar-refractivity contribution in [3.63, 3.8) is 0 Å². The Morgan fingerprint density at radius 3 is 2.25 bits per heavy atom. The van der Waals surface area contributed by atoms with Crippen LogP contribution in [0.4, 0.5) is 0 Å². The third-order valence-electron chi connectivity index (χ3n) is 3.43. The highest BCUT2D eigenvalue weighted by Gasteiger charge is 2.31. The van der Waals surface area contributed by atoms with E-state index >= 15 is 0 Å². The van der Waals surface area contributed by atoms with Gasteiger partial charge in [0.05, 0.1) is 12.2 Å². The molecule has 0 aromatic rings. The van der Waals surface area contributed by atoms with Crippen LogP contribution in [0.5, 0.6) is 0 Å². The van der Waals surface area contributed by atoms with E-state index in [1.54, 1.807) is 0 Å². The minimum Gasteiger partial charge on any atom is -0.374 e. The summed E-state index contributed by atoms with van der Waals surface area (Å²) >= 11 is 0. The normalized spacial score (nSPS) is 27.6. The van der Waals surface area contributed by atoms with E-state index in [4.69, 9.17) is 10.5 Å². The second-order valence-electron chi connectivity index (χ2n) is 4.90. The Balaban J connectivity index is 2.54. The zero-order chi connectivity index (χ0) is 12.0. The highest BCUT2D eigenvalue weighted by molar-refractivity contribution is 4.85. The standard InChI is InChI=1S/C13H28N2O/c1-4-8-15(9-5-2)12(10-14)13-7-6-11(3)16-13/h11-13H,4-10,14H2,1-3H3. The van der Waals surface area contributed by atoms with E-state index in [1.807, 2.05) is 0 Å². The van der Waals surface area contributed by atoms with E-state index < -0.39 is 0 Å². The van der Waals surface area contributed by atoms with Gasteiger partial charge in [-0.25, -0.2) is 0 Å². The largest absolute Gasteiger partial charge is 0.374 e. The lowest BCUT2D eigenvalue weighted by atomic mass is 10.1. The second-order valence-corrected chi connectivity index (χ2v) is 4.90. The van der Waals surface area contributed by atoms with Crippen molar-refractivity contribution < 1.29 is 4.74 Å². The van der Waals surface area contributed by atoms with Crippen molar-refractivity contribution in [2.45, 2.75) is 64.7 Å². The number of hydrogen-bond donors (Lipinski definition) is 1. The van der Waals surface area contributed by atoms with Crippen LogP contribution in [-0.2, 0) is 4.74 Å². The Labute approximate surface area is 100 Å². The maximum atomic E-state index is 5.97. The van der Waals surface area contributed by atoms with Crippen LogP contribution < -0.4 is 5.73 Å². The lowest BCUT2D eigenvalue weighted by Gasteiger charge is -2.34. The van der Waals surface area contributed by atoms with Gasteiger partial charge in [-0.05, 0) is 45.7 Å². The monoisotopic (exact) mass is 228 g/mol. The smallest absolute Gasteiger partial charge is 0.0747 e. The molecule has 1 heterocycles. The minimum absolute atomic E-state index is 0.359. The molecular formula is C13H28N2O. The number of nitrogens with zero attached hydrogens (tertiary/aromatic N) is 1. The summed E-state index contributed by atoms with van der Waals surface area (Å²) in [5.41, 5.74) is 5.94. The Morgan fingerprint density at radius 2 is 1.88 bits per heavy atom. The van der Waals surface area contributed by atoms with E-state index in [0.717, 1.165) is 19.6 Å². The van der Waals surface area contributed by atoms with Crippen LogP contribution in [0.25, 0.3) is 0 Å². The SMILES string of the molecule is CCCN(CCC)C(CN)C1CCC(C)O1. The van der Waals surface area contributed by atoms with Gasteiger partial charge in [0.2, 0.25) is 0 Å². The molecule has 2 N–H and O–H groups in total. The van der Waals surface area contributed by atoms with Crippen molar-refractivity contribution in [2.24, 2.45) is 5.73 Å². The predicted octanol–water partition coefficient (Wildman–Crippen LogP) is 2.00. The fraction of sp³-hybridized carbons (Fsp3) is 1.00. The van der Waals surface area contributed by atoms with Crippen molar-refractivity contribution in [1.82, 2.24) is 4.90 Å². The summed E-state index contributed by atoms with van der Waals surface area (Å²) in [5, 5.41) is 0. The average Bonchev–Trinajstić information content (AvgIpc) is 2.67. The molecule has 1 aliphatic rings. The third kappa shape index (κ3) is 3.72. The topological polar surface area (TPSA) is 38.5 Å². The summed E-state index contributed by atoms with van der Waals surface area (Å²) in [6.07, 6.45) is 5.53. The van der Waals surface area contributed by atoms with Gasteiger partial charge in [-0.2, -0.15) is 0 Å². The van der Waals surface area contributed by atoms with Gasteiger partial charge >= 0.3 is 0 Å². The summed E-state index contributed by atoms with van der Waals surface area (Å²) in [6.45, 7) is 9.63. The third-order valence-corrected chi connectivity index (χ3v) is 3.43. The van der Waals surface area contributed by atoms with Crippen LogP contribution in [0.2, 0.25) is 0 Å². The zero-order valence-corrected chi connectivity index (χ0v) is 11.1. The van der Waals surface area contributed by atoms with Crippen LogP contribution in [0.15, 0.2) is 0 Å². The van der Waals surface area contributed by atoms with Gasteiger partial charge in [0.25, 0.3) is 0 Å². The van der Waals surface area contributed by atoms with Crippen molar-refractivity contribution in [3.05, 3.63) is 0 Å². The van der Waals surface area contributed by atoms with E-state index in [9.17, 15) is 0 Å². The van der Waals surface area contributed by atoms with Crippen molar-refractivity contribution in [1.29, 1.82) is 0 Å². The highest BCUT2D eigenvalue weighted by atomic mass is 16.5. The summed E-state index contributed by atoms with van der Waals surface area (Å²) in [7, 11) is 0. The second kappa shape index (κ2) is 7.25. The van der Waals surface area contributed by atoms with Gasteiger partial charge in [0.1, 0.15) is 0 Å². The van der Waals surface area contributed by atoms with Gasteiger partial charge in [0, 0.05) is 12.6 Å².